The molecule has 0 aliphatic heterocycles. The monoisotopic (exact) mass is 257 g/mol. The second-order valence-electron chi connectivity index (χ2n) is 3.15. The Labute approximate surface area is 103 Å². The maximum Gasteiger partial charge on any atom is 0.404 e. The Hall–Kier alpha value is -1.95. The van der Waals surface area contributed by atoms with Gasteiger partial charge in [-0.1, -0.05) is 11.6 Å². The van der Waals surface area contributed by atoms with E-state index in [-0.39, 0.29) is 24.7 Å². The van der Waals surface area contributed by atoms with Gasteiger partial charge in [0.05, 0.1) is 12.1 Å². The minimum Gasteiger partial charge on any atom is -0.448 e. The first-order valence-corrected chi connectivity index (χ1v) is 5.14. The summed E-state index contributed by atoms with van der Waals surface area (Å²) in [7, 11) is 0. The quantitative estimate of drug-likeness (QED) is 0.546. The van der Waals surface area contributed by atoms with Crippen molar-refractivity contribution >= 4 is 29.3 Å². The first kappa shape index (κ1) is 13.1. The van der Waals surface area contributed by atoms with Gasteiger partial charge >= 0.3 is 6.09 Å². The molecule has 2 amide bonds. The summed E-state index contributed by atoms with van der Waals surface area (Å²) in [6, 6.07) is 4.56. The number of ether oxygens (including phenoxy) is 1. The van der Waals surface area contributed by atoms with Gasteiger partial charge in [0.1, 0.15) is 6.61 Å². The van der Waals surface area contributed by atoms with Crippen molar-refractivity contribution in [2.75, 3.05) is 18.9 Å². The molecular weight excluding hydrogens is 246 g/mol. The number of nitrogen functional groups attached to an aromatic ring is 1. The fraction of sp³-hybridized carbons (Fsp3) is 0.200. The number of amides is 2. The smallest absolute Gasteiger partial charge is 0.404 e. The average molecular weight is 258 g/mol. The van der Waals surface area contributed by atoms with Crippen LogP contribution >= 0.6 is 11.6 Å². The molecule has 0 atom stereocenters. The van der Waals surface area contributed by atoms with Gasteiger partial charge < -0.3 is 21.5 Å². The molecule has 0 heterocycles. The molecule has 17 heavy (non-hydrogen) atoms. The van der Waals surface area contributed by atoms with Gasteiger partial charge in [-0.05, 0) is 18.2 Å². The highest BCUT2D eigenvalue weighted by Gasteiger charge is 2.09. The van der Waals surface area contributed by atoms with Crippen LogP contribution in [0, 0.1) is 0 Å². The lowest BCUT2D eigenvalue weighted by atomic mass is 10.1. The molecule has 1 aromatic rings. The van der Waals surface area contributed by atoms with Gasteiger partial charge in [-0.2, -0.15) is 0 Å². The molecule has 0 unspecified atom stereocenters. The van der Waals surface area contributed by atoms with Crippen LogP contribution in [0.1, 0.15) is 10.4 Å². The number of halogens is 1. The van der Waals surface area contributed by atoms with Crippen LogP contribution in [0.5, 0.6) is 0 Å². The molecule has 5 N–H and O–H groups in total. The summed E-state index contributed by atoms with van der Waals surface area (Å²) in [5.41, 5.74) is 11.0. The Morgan fingerprint density at radius 3 is 2.71 bits per heavy atom. The first-order chi connectivity index (χ1) is 8.00. The van der Waals surface area contributed by atoms with Gasteiger partial charge in [0.15, 0.2) is 0 Å². The standard InChI is InChI=1S/C10H12ClN3O3/c11-6-1-2-7(8(12)5-6)9(15)14-3-4-17-10(13)16/h1-2,5H,3-4,12H2,(H2,13,16)(H,14,15). The summed E-state index contributed by atoms with van der Waals surface area (Å²) in [5.74, 6) is -0.368. The number of nitrogens with one attached hydrogen (secondary N) is 1. The zero-order valence-electron chi connectivity index (χ0n) is 8.90. The molecule has 0 saturated heterocycles. The van der Waals surface area contributed by atoms with Crippen LogP contribution in [-0.4, -0.2) is 25.2 Å². The van der Waals surface area contributed by atoms with Crippen molar-refractivity contribution in [3.63, 3.8) is 0 Å². The fourth-order valence-corrected chi connectivity index (χ4v) is 1.33. The number of carbonyl (C=O) groups excluding carboxylic acids is 2. The minimum atomic E-state index is -0.884. The van der Waals surface area contributed by atoms with E-state index < -0.39 is 6.09 Å². The summed E-state index contributed by atoms with van der Waals surface area (Å²) in [6.45, 7) is 0.165. The van der Waals surface area contributed by atoms with E-state index in [1.165, 1.54) is 12.1 Å². The molecule has 0 saturated carbocycles. The molecule has 1 aromatic carbocycles. The second kappa shape index (κ2) is 5.95. The van der Waals surface area contributed by atoms with Crippen molar-refractivity contribution < 1.29 is 14.3 Å². The van der Waals surface area contributed by atoms with Gasteiger partial charge in [-0.25, -0.2) is 4.79 Å². The largest absolute Gasteiger partial charge is 0.448 e. The summed E-state index contributed by atoms with van der Waals surface area (Å²) in [6.07, 6.45) is -0.884. The lowest BCUT2D eigenvalue weighted by Gasteiger charge is -2.07. The Bertz CT molecular complexity index is 437. The van der Waals surface area contributed by atoms with Gasteiger partial charge in [-0.3, -0.25) is 4.79 Å². The number of rotatable bonds is 4. The molecule has 0 aromatic heterocycles. The van der Waals surface area contributed by atoms with Gasteiger partial charge in [0.25, 0.3) is 5.91 Å². The van der Waals surface area contributed by atoms with Gasteiger partial charge in [0.2, 0.25) is 0 Å². The highest BCUT2D eigenvalue weighted by Crippen LogP contribution is 2.17. The van der Waals surface area contributed by atoms with Crippen LogP contribution in [0.4, 0.5) is 10.5 Å². The zero-order chi connectivity index (χ0) is 12.8. The molecule has 1 rings (SSSR count). The van der Waals surface area contributed by atoms with E-state index in [4.69, 9.17) is 23.1 Å². The third-order valence-corrected chi connectivity index (χ3v) is 2.13. The molecule has 0 aliphatic rings. The van der Waals surface area contributed by atoms with E-state index in [9.17, 15) is 9.59 Å². The number of hydrogen-bond donors (Lipinski definition) is 3. The predicted molar refractivity (Wildman–Crippen MR) is 63.7 cm³/mol. The van der Waals surface area contributed by atoms with E-state index in [1.807, 2.05) is 0 Å². The van der Waals surface area contributed by atoms with E-state index >= 15 is 0 Å². The summed E-state index contributed by atoms with van der Waals surface area (Å²) >= 11 is 5.70. The highest BCUT2D eigenvalue weighted by atomic mass is 35.5. The Morgan fingerprint density at radius 1 is 1.41 bits per heavy atom. The number of primary amides is 1. The van der Waals surface area contributed by atoms with E-state index in [2.05, 4.69) is 10.1 Å². The minimum absolute atomic E-state index is 0.00850. The van der Waals surface area contributed by atoms with Crippen molar-refractivity contribution in [2.45, 2.75) is 0 Å². The second-order valence-corrected chi connectivity index (χ2v) is 3.59. The first-order valence-electron chi connectivity index (χ1n) is 4.76. The van der Waals surface area contributed by atoms with Crippen LogP contribution in [0.15, 0.2) is 18.2 Å². The summed E-state index contributed by atoms with van der Waals surface area (Å²) in [4.78, 5) is 21.9. The molecule has 0 fully saturated rings. The number of benzene rings is 1. The van der Waals surface area contributed by atoms with Gasteiger partial charge in [-0.15, -0.1) is 0 Å². The van der Waals surface area contributed by atoms with Crippen LogP contribution in [0.25, 0.3) is 0 Å². The van der Waals surface area contributed by atoms with Crippen molar-refractivity contribution in [1.82, 2.24) is 5.32 Å². The molecule has 6 nitrogen and oxygen atoms in total. The molecular formula is C10H12ClN3O3. The van der Waals surface area contributed by atoms with Crippen LogP contribution in [0.3, 0.4) is 0 Å². The highest BCUT2D eigenvalue weighted by molar-refractivity contribution is 6.31. The van der Waals surface area contributed by atoms with E-state index in [1.54, 1.807) is 6.07 Å². The van der Waals surface area contributed by atoms with Gasteiger partial charge in [0, 0.05) is 10.7 Å². The molecule has 0 radical (unpaired) electrons. The van der Waals surface area contributed by atoms with Crippen LogP contribution in [0.2, 0.25) is 5.02 Å². The van der Waals surface area contributed by atoms with Crippen molar-refractivity contribution in [3.05, 3.63) is 28.8 Å². The topological polar surface area (TPSA) is 107 Å². The van der Waals surface area contributed by atoms with Crippen molar-refractivity contribution in [3.8, 4) is 0 Å². The fourth-order valence-electron chi connectivity index (χ4n) is 1.15. The third kappa shape index (κ3) is 4.20. The molecule has 0 bridgehead atoms. The number of hydrogen-bond acceptors (Lipinski definition) is 4. The van der Waals surface area contributed by atoms with Crippen molar-refractivity contribution in [1.29, 1.82) is 0 Å². The number of nitrogens with two attached hydrogens (primary N) is 2. The maximum atomic E-state index is 11.6. The third-order valence-electron chi connectivity index (χ3n) is 1.89. The zero-order valence-corrected chi connectivity index (χ0v) is 9.66. The molecule has 92 valence electrons. The van der Waals surface area contributed by atoms with Crippen molar-refractivity contribution in [2.24, 2.45) is 5.73 Å². The van der Waals surface area contributed by atoms with E-state index in [0.717, 1.165) is 0 Å². The molecule has 0 spiro atoms. The summed E-state index contributed by atoms with van der Waals surface area (Å²) < 4.78 is 4.45. The van der Waals surface area contributed by atoms with Crippen LogP contribution in [-0.2, 0) is 4.74 Å². The average Bonchev–Trinajstić information content (AvgIpc) is 2.23. The lowest BCUT2D eigenvalue weighted by molar-refractivity contribution is 0.0937. The summed E-state index contributed by atoms with van der Waals surface area (Å²) in [5, 5.41) is 2.97. The molecule has 7 heteroatoms. The lowest BCUT2D eigenvalue weighted by Crippen LogP contribution is -2.29. The Morgan fingerprint density at radius 2 is 2.12 bits per heavy atom. The van der Waals surface area contributed by atoms with Crippen LogP contribution < -0.4 is 16.8 Å². The van der Waals surface area contributed by atoms with E-state index in [0.29, 0.717) is 10.6 Å². The number of carbonyl (C=O) groups is 2. The molecule has 0 aliphatic carbocycles. The SMILES string of the molecule is NC(=O)OCCNC(=O)c1ccc(Cl)cc1N. The Kier molecular flexibility index (Phi) is 4.59. The Balaban J connectivity index is 2.50. The number of anilines is 1. The normalized spacial score (nSPS) is 9.71. The predicted octanol–water partition coefficient (Wildman–Crippen LogP) is 0.747. The maximum absolute atomic E-state index is 11.6.